The number of aromatic hydroxyl groups is 1. The minimum Gasteiger partial charge on any atom is -0.502 e. The molecular formula is C17H28O3S3. The zero-order valence-corrected chi connectivity index (χ0v) is 17.1. The standard InChI is InChI=1S/C17H28O3S3/c1-6-21-11-15(22-7-2)17(23-8-3)12-9-13(19-4)16(18)14(10-12)20-5/h9-10,15,17-18H,6-8,11H2,1-5H3/t15-,17+/m1/s1. The molecule has 0 aromatic heterocycles. The van der Waals surface area contributed by atoms with E-state index >= 15 is 0 Å². The van der Waals surface area contributed by atoms with Gasteiger partial charge in [0.05, 0.1) is 14.2 Å². The highest BCUT2D eigenvalue weighted by Crippen LogP contribution is 2.45. The number of phenolic OH excluding ortho intramolecular Hbond substituents is 1. The summed E-state index contributed by atoms with van der Waals surface area (Å²) < 4.78 is 10.7. The largest absolute Gasteiger partial charge is 0.502 e. The van der Waals surface area contributed by atoms with E-state index in [1.165, 1.54) is 0 Å². The first-order valence-electron chi connectivity index (χ1n) is 7.88. The zero-order valence-electron chi connectivity index (χ0n) is 14.6. The number of benzene rings is 1. The number of hydrogen-bond acceptors (Lipinski definition) is 6. The first-order chi connectivity index (χ1) is 11.1. The number of thioether (sulfide) groups is 3. The maximum Gasteiger partial charge on any atom is 0.200 e. The summed E-state index contributed by atoms with van der Waals surface area (Å²) in [7, 11) is 3.15. The van der Waals surface area contributed by atoms with Crippen LogP contribution in [0.3, 0.4) is 0 Å². The lowest BCUT2D eigenvalue weighted by atomic mass is 10.1. The first-order valence-corrected chi connectivity index (χ1v) is 11.1. The van der Waals surface area contributed by atoms with Gasteiger partial charge in [0.15, 0.2) is 11.5 Å². The minimum atomic E-state index is 0.0710. The van der Waals surface area contributed by atoms with Crippen molar-refractivity contribution in [2.75, 3.05) is 37.2 Å². The van der Waals surface area contributed by atoms with E-state index in [0.717, 1.165) is 28.6 Å². The molecule has 1 aromatic carbocycles. The van der Waals surface area contributed by atoms with Crippen molar-refractivity contribution in [1.29, 1.82) is 0 Å². The van der Waals surface area contributed by atoms with Gasteiger partial charge in [-0.05, 0) is 35.0 Å². The normalized spacial score (nSPS) is 13.6. The van der Waals surface area contributed by atoms with Gasteiger partial charge in [-0.3, -0.25) is 0 Å². The van der Waals surface area contributed by atoms with Crippen molar-refractivity contribution in [2.45, 2.75) is 31.3 Å². The van der Waals surface area contributed by atoms with Gasteiger partial charge in [0.1, 0.15) is 0 Å². The zero-order chi connectivity index (χ0) is 17.2. The molecule has 132 valence electrons. The van der Waals surface area contributed by atoms with Crippen LogP contribution in [0.5, 0.6) is 17.2 Å². The van der Waals surface area contributed by atoms with Gasteiger partial charge in [-0.1, -0.05) is 20.8 Å². The molecule has 0 aliphatic carbocycles. The maximum absolute atomic E-state index is 10.1. The van der Waals surface area contributed by atoms with E-state index in [9.17, 15) is 5.11 Å². The molecule has 3 nitrogen and oxygen atoms in total. The van der Waals surface area contributed by atoms with Crippen molar-refractivity contribution in [2.24, 2.45) is 0 Å². The molecule has 23 heavy (non-hydrogen) atoms. The summed E-state index contributed by atoms with van der Waals surface area (Å²) in [5.41, 5.74) is 1.16. The van der Waals surface area contributed by atoms with Gasteiger partial charge in [-0.25, -0.2) is 0 Å². The Hall–Kier alpha value is -0.330. The summed E-state index contributed by atoms with van der Waals surface area (Å²) in [5.74, 6) is 5.43. The van der Waals surface area contributed by atoms with Gasteiger partial charge in [0.25, 0.3) is 0 Å². The third kappa shape index (κ3) is 5.91. The van der Waals surface area contributed by atoms with Gasteiger partial charge in [0, 0.05) is 16.3 Å². The van der Waals surface area contributed by atoms with E-state index in [2.05, 4.69) is 20.8 Å². The molecule has 0 radical (unpaired) electrons. The van der Waals surface area contributed by atoms with Crippen molar-refractivity contribution in [1.82, 2.24) is 0 Å². The highest BCUT2D eigenvalue weighted by atomic mass is 32.2. The molecule has 0 bridgehead atoms. The summed E-state index contributed by atoms with van der Waals surface area (Å²) in [5, 5.41) is 11.0. The molecule has 0 saturated heterocycles. The summed E-state index contributed by atoms with van der Waals surface area (Å²) >= 11 is 5.93. The van der Waals surface area contributed by atoms with Crippen LogP contribution in [0.4, 0.5) is 0 Å². The van der Waals surface area contributed by atoms with Crippen LogP contribution < -0.4 is 9.47 Å². The first kappa shape index (κ1) is 20.7. The topological polar surface area (TPSA) is 38.7 Å². The molecule has 1 N–H and O–H groups in total. The summed E-state index contributed by atoms with van der Waals surface area (Å²) in [4.78, 5) is 0. The molecule has 0 fully saturated rings. The molecule has 1 rings (SSSR count). The van der Waals surface area contributed by atoms with Gasteiger partial charge < -0.3 is 14.6 Å². The van der Waals surface area contributed by atoms with Gasteiger partial charge in [-0.15, -0.1) is 0 Å². The number of hydrogen-bond donors (Lipinski definition) is 1. The monoisotopic (exact) mass is 376 g/mol. The summed E-state index contributed by atoms with van der Waals surface area (Å²) in [6.07, 6.45) is 0. The van der Waals surface area contributed by atoms with E-state index < -0.39 is 0 Å². The van der Waals surface area contributed by atoms with Crippen LogP contribution in [0.2, 0.25) is 0 Å². The molecule has 0 unspecified atom stereocenters. The van der Waals surface area contributed by atoms with Crippen molar-refractivity contribution in [3.8, 4) is 17.2 Å². The molecule has 0 heterocycles. The minimum absolute atomic E-state index is 0.0710. The molecule has 0 spiro atoms. The Labute approximate surface area is 153 Å². The van der Waals surface area contributed by atoms with E-state index in [4.69, 9.17) is 9.47 Å². The molecule has 0 amide bonds. The lowest BCUT2D eigenvalue weighted by Gasteiger charge is -2.27. The van der Waals surface area contributed by atoms with Gasteiger partial charge >= 0.3 is 0 Å². The number of methoxy groups -OCH3 is 2. The van der Waals surface area contributed by atoms with Gasteiger partial charge in [0.2, 0.25) is 5.75 Å². The Bertz CT molecular complexity index is 443. The fraction of sp³-hybridized carbons (Fsp3) is 0.647. The van der Waals surface area contributed by atoms with Crippen molar-refractivity contribution >= 4 is 35.3 Å². The molecule has 0 aliphatic heterocycles. The number of ether oxygens (including phenoxy) is 2. The predicted octanol–water partition coefficient (Wildman–Crippen LogP) is 5.08. The van der Waals surface area contributed by atoms with Crippen LogP contribution in [0, 0.1) is 0 Å². The van der Waals surface area contributed by atoms with Crippen LogP contribution in [0.25, 0.3) is 0 Å². The van der Waals surface area contributed by atoms with E-state index in [0.29, 0.717) is 22.0 Å². The highest BCUT2D eigenvalue weighted by Gasteiger charge is 2.26. The van der Waals surface area contributed by atoms with Gasteiger partial charge in [-0.2, -0.15) is 35.3 Å². The average molecular weight is 377 g/mol. The van der Waals surface area contributed by atoms with Crippen LogP contribution in [-0.4, -0.2) is 47.6 Å². The van der Waals surface area contributed by atoms with Crippen molar-refractivity contribution in [3.05, 3.63) is 17.7 Å². The Balaban J connectivity index is 3.20. The summed E-state index contributed by atoms with van der Waals surface area (Å²) in [6.45, 7) is 6.60. The molecular weight excluding hydrogens is 348 g/mol. The highest BCUT2D eigenvalue weighted by molar-refractivity contribution is 8.05. The van der Waals surface area contributed by atoms with Crippen LogP contribution >= 0.6 is 35.3 Å². The smallest absolute Gasteiger partial charge is 0.200 e. The molecule has 0 aliphatic rings. The third-order valence-corrected chi connectivity index (χ3v) is 7.26. The molecule has 0 saturated carbocycles. The second-order valence-electron chi connectivity index (χ2n) is 4.80. The van der Waals surface area contributed by atoms with Crippen LogP contribution in [-0.2, 0) is 0 Å². The van der Waals surface area contributed by atoms with E-state index in [1.54, 1.807) is 14.2 Å². The molecule has 6 heteroatoms. The van der Waals surface area contributed by atoms with Crippen LogP contribution in [0.15, 0.2) is 12.1 Å². The Morgan fingerprint density at radius 2 is 1.52 bits per heavy atom. The maximum atomic E-state index is 10.1. The summed E-state index contributed by atoms with van der Waals surface area (Å²) in [6, 6.07) is 3.90. The average Bonchev–Trinajstić information content (AvgIpc) is 2.57. The lowest BCUT2D eigenvalue weighted by Crippen LogP contribution is -2.17. The quantitative estimate of drug-likeness (QED) is 0.581. The molecule has 2 atom stereocenters. The van der Waals surface area contributed by atoms with Crippen LogP contribution in [0.1, 0.15) is 31.6 Å². The third-order valence-electron chi connectivity index (χ3n) is 3.38. The van der Waals surface area contributed by atoms with Crippen molar-refractivity contribution < 1.29 is 14.6 Å². The Morgan fingerprint density at radius 3 is 1.96 bits per heavy atom. The molecule has 1 aromatic rings. The van der Waals surface area contributed by atoms with E-state index in [1.807, 2.05) is 47.4 Å². The second kappa shape index (κ2) is 11.3. The Morgan fingerprint density at radius 1 is 0.957 bits per heavy atom. The van der Waals surface area contributed by atoms with Crippen molar-refractivity contribution in [3.63, 3.8) is 0 Å². The predicted molar refractivity (Wildman–Crippen MR) is 107 cm³/mol. The lowest BCUT2D eigenvalue weighted by molar-refractivity contribution is 0.339. The fourth-order valence-electron chi connectivity index (χ4n) is 2.35. The SMILES string of the molecule is CCSC[C@@H](SCC)[C@@H](SCC)c1cc(OC)c(O)c(OC)c1. The Kier molecular flexibility index (Phi) is 10.1. The fourth-order valence-corrected chi connectivity index (χ4v) is 6.03. The number of rotatable bonds is 11. The van der Waals surface area contributed by atoms with E-state index in [-0.39, 0.29) is 5.75 Å². The number of phenols is 1. The second-order valence-corrected chi connectivity index (χ2v) is 9.06.